The topological polar surface area (TPSA) is 87.9 Å². The van der Waals surface area contributed by atoms with E-state index in [0.29, 0.717) is 13.1 Å². The zero-order valence-corrected chi connectivity index (χ0v) is 8.03. The van der Waals surface area contributed by atoms with Gasteiger partial charge in [-0.15, -0.1) is 5.10 Å². The Kier molecular flexibility index (Phi) is 2.20. The van der Waals surface area contributed by atoms with Crippen molar-refractivity contribution in [1.29, 1.82) is 0 Å². The molecule has 2 rings (SSSR count). The van der Waals surface area contributed by atoms with E-state index in [-0.39, 0.29) is 17.8 Å². The minimum Gasteiger partial charge on any atom is -0.333 e. The molecule has 0 unspecified atom stereocenters. The third-order valence-corrected chi connectivity index (χ3v) is 2.25. The predicted octanol–water partition coefficient (Wildman–Crippen LogP) is -0.850. The molecule has 0 radical (unpaired) electrons. The van der Waals surface area contributed by atoms with Crippen molar-refractivity contribution in [3.8, 4) is 0 Å². The van der Waals surface area contributed by atoms with Crippen molar-refractivity contribution in [1.82, 2.24) is 20.1 Å². The average molecular weight is 195 g/mol. The molecular formula is C8H13N5O. The maximum atomic E-state index is 11.6. The summed E-state index contributed by atoms with van der Waals surface area (Å²) in [7, 11) is 0. The van der Waals surface area contributed by atoms with Crippen LogP contribution in [0.1, 0.15) is 23.4 Å². The summed E-state index contributed by atoms with van der Waals surface area (Å²) in [5.41, 5.74) is 5.57. The summed E-state index contributed by atoms with van der Waals surface area (Å²) in [5.74, 6) is 0.842. The Balaban J connectivity index is 2.04. The van der Waals surface area contributed by atoms with Crippen molar-refractivity contribution < 1.29 is 4.79 Å². The molecule has 1 amide bonds. The summed E-state index contributed by atoms with van der Waals surface area (Å²) in [4.78, 5) is 17.3. The lowest BCUT2D eigenvalue weighted by Crippen LogP contribution is -2.58. The molecule has 14 heavy (non-hydrogen) atoms. The summed E-state index contributed by atoms with van der Waals surface area (Å²) in [6.07, 6.45) is 0.750. The van der Waals surface area contributed by atoms with Gasteiger partial charge >= 0.3 is 0 Å². The summed E-state index contributed by atoms with van der Waals surface area (Å²) >= 11 is 0. The summed E-state index contributed by atoms with van der Waals surface area (Å²) < 4.78 is 0. The van der Waals surface area contributed by atoms with E-state index in [1.807, 2.05) is 6.92 Å². The Morgan fingerprint density at radius 3 is 2.93 bits per heavy atom. The van der Waals surface area contributed by atoms with Crippen LogP contribution in [-0.4, -0.2) is 45.1 Å². The Bertz CT molecular complexity index is 341. The number of nitrogens with zero attached hydrogens (tertiary/aromatic N) is 3. The zero-order valence-electron chi connectivity index (χ0n) is 8.03. The van der Waals surface area contributed by atoms with Gasteiger partial charge in [-0.2, -0.15) is 0 Å². The third kappa shape index (κ3) is 1.48. The van der Waals surface area contributed by atoms with Crippen molar-refractivity contribution in [2.45, 2.75) is 19.4 Å². The molecule has 1 aromatic heterocycles. The fraction of sp³-hybridized carbons (Fsp3) is 0.625. The minimum atomic E-state index is -0.136. The normalized spacial score (nSPS) is 16.9. The van der Waals surface area contributed by atoms with Crippen molar-refractivity contribution in [2.24, 2.45) is 5.73 Å². The van der Waals surface area contributed by atoms with Crippen LogP contribution in [0, 0.1) is 0 Å². The first-order valence-corrected chi connectivity index (χ1v) is 4.67. The predicted molar refractivity (Wildman–Crippen MR) is 49.6 cm³/mol. The Hall–Kier alpha value is -1.43. The highest BCUT2D eigenvalue weighted by molar-refractivity contribution is 5.91. The molecule has 3 N–H and O–H groups in total. The molecule has 1 fully saturated rings. The maximum Gasteiger partial charge on any atom is 0.293 e. The first-order valence-electron chi connectivity index (χ1n) is 4.67. The van der Waals surface area contributed by atoms with E-state index >= 15 is 0 Å². The molecule has 0 spiro atoms. The molecule has 76 valence electrons. The summed E-state index contributed by atoms with van der Waals surface area (Å²) in [5, 5.41) is 6.56. The average Bonchev–Trinajstić information content (AvgIpc) is 2.60. The van der Waals surface area contributed by atoms with Crippen LogP contribution in [-0.2, 0) is 6.42 Å². The molecule has 6 nitrogen and oxygen atoms in total. The Morgan fingerprint density at radius 1 is 1.71 bits per heavy atom. The number of rotatable bonds is 2. The summed E-state index contributed by atoms with van der Waals surface area (Å²) in [6.45, 7) is 3.16. The number of hydrogen-bond acceptors (Lipinski definition) is 4. The van der Waals surface area contributed by atoms with Crippen LogP contribution in [0.2, 0.25) is 0 Å². The lowest BCUT2D eigenvalue weighted by molar-refractivity contribution is 0.0595. The van der Waals surface area contributed by atoms with Crippen LogP contribution in [0.15, 0.2) is 0 Å². The number of aromatic nitrogens is 3. The van der Waals surface area contributed by atoms with Crippen LogP contribution in [0.3, 0.4) is 0 Å². The van der Waals surface area contributed by atoms with Gasteiger partial charge in [0, 0.05) is 25.6 Å². The van der Waals surface area contributed by atoms with Gasteiger partial charge in [0.15, 0.2) is 0 Å². The number of aromatic amines is 1. The zero-order chi connectivity index (χ0) is 10.1. The van der Waals surface area contributed by atoms with Crippen LogP contribution < -0.4 is 5.73 Å². The number of aryl methyl sites for hydroxylation is 1. The highest BCUT2D eigenvalue weighted by Gasteiger charge is 2.30. The minimum absolute atomic E-state index is 0.114. The number of likely N-dealkylation sites (tertiary alicyclic amines) is 1. The largest absolute Gasteiger partial charge is 0.333 e. The fourth-order valence-electron chi connectivity index (χ4n) is 1.37. The number of H-pyrrole nitrogens is 1. The molecule has 1 saturated heterocycles. The SMILES string of the molecule is CCc1nc(C(=O)N2CC(N)C2)n[nH]1. The van der Waals surface area contributed by atoms with Crippen LogP contribution in [0.25, 0.3) is 0 Å². The number of carbonyl (C=O) groups is 1. The third-order valence-electron chi connectivity index (χ3n) is 2.25. The monoisotopic (exact) mass is 195 g/mol. The van der Waals surface area contributed by atoms with Gasteiger partial charge in [-0.05, 0) is 0 Å². The van der Waals surface area contributed by atoms with Gasteiger partial charge in [0.2, 0.25) is 5.82 Å². The first-order chi connectivity index (χ1) is 6.70. The number of amides is 1. The van der Waals surface area contributed by atoms with Crippen molar-refractivity contribution >= 4 is 5.91 Å². The van der Waals surface area contributed by atoms with E-state index < -0.39 is 0 Å². The molecule has 1 aromatic rings. The maximum absolute atomic E-state index is 11.6. The van der Waals surface area contributed by atoms with E-state index in [1.54, 1.807) is 4.90 Å². The van der Waals surface area contributed by atoms with Gasteiger partial charge in [0.05, 0.1) is 0 Å². The number of carbonyl (C=O) groups excluding carboxylic acids is 1. The molecule has 2 heterocycles. The van der Waals surface area contributed by atoms with E-state index in [1.165, 1.54) is 0 Å². The number of nitrogens with one attached hydrogen (secondary N) is 1. The highest BCUT2D eigenvalue weighted by atomic mass is 16.2. The lowest BCUT2D eigenvalue weighted by Gasteiger charge is -2.35. The number of hydrogen-bond donors (Lipinski definition) is 2. The van der Waals surface area contributed by atoms with Crippen LogP contribution in [0.5, 0.6) is 0 Å². The van der Waals surface area contributed by atoms with Crippen molar-refractivity contribution in [3.05, 3.63) is 11.6 Å². The van der Waals surface area contributed by atoms with Gasteiger partial charge in [0.25, 0.3) is 5.91 Å². The van der Waals surface area contributed by atoms with E-state index in [2.05, 4.69) is 15.2 Å². The second-order valence-corrected chi connectivity index (χ2v) is 3.43. The molecular weight excluding hydrogens is 182 g/mol. The molecule has 0 atom stereocenters. The highest BCUT2D eigenvalue weighted by Crippen LogP contribution is 2.09. The van der Waals surface area contributed by atoms with Crippen LogP contribution >= 0.6 is 0 Å². The smallest absolute Gasteiger partial charge is 0.293 e. The Morgan fingerprint density at radius 2 is 2.43 bits per heavy atom. The lowest BCUT2D eigenvalue weighted by atomic mass is 10.1. The van der Waals surface area contributed by atoms with E-state index in [9.17, 15) is 4.79 Å². The molecule has 0 aromatic carbocycles. The number of nitrogens with two attached hydrogens (primary N) is 1. The standard InChI is InChI=1S/C8H13N5O/c1-2-6-10-7(12-11-6)8(14)13-3-5(9)4-13/h5H,2-4,9H2,1H3,(H,10,11,12). The van der Waals surface area contributed by atoms with E-state index in [4.69, 9.17) is 5.73 Å². The van der Waals surface area contributed by atoms with Crippen molar-refractivity contribution in [2.75, 3.05) is 13.1 Å². The van der Waals surface area contributed by atoms with Gasteiger partial charge in [-0.1, -0.05) is 6.92 Å². The van der Waals surface area contributed by atoms with E-state index in [0.717, 1.165) is 12.2 Å². The Labute approximate surface area is 81.5 Å². The molecule has 0 aliphatic carbocycles. The van der Waals surface area contributed by atoms with Gasteiger partial charge in [0.1, 0.15) is 5.82 Å². The first kappa shape index (κ1) is 9.14. The molecule has 6 heteroatoms. The summed E-state index contributed by atoms with van der Waals surface area (Å²) in [6, 6.07) is 0.114. The quantitative estimate of drug-likeness (QED) is 0.643. The second kappa shape index (κ2) is 3.38. The van der Waals surface area contributed by atoms with Gasteiger partial charge in [-0.3, -0.25) is 9.89 Å². The van der Waals surface area contributed by atoms with Crippen molar-refractivity contribution in [3.63, 3.8) is 0 Å². The van der Waals surface area contributed by atoms with Crippen LogP contribution in [0.4, 0.5) is 0 Å². The van der Waals surface area contributed by atoms with Gasteiger partial charge < -0.3 is 10.6 Å². The second-order valence-electron chi connectivity index (χ2n) is 3.43. The fourth-order valence-corrected chi connectivity index (χ4v) is 1.37. The molecule has 1 aliphatic rings. The molecule has 0 saturated carbocycles. The molecule has 0 bridgehead atoms. The van der Waals surface area contributed by atoms with Gasteiger partial charge in [-0.25, -0.2) is 4.98 Å². The molecule has 1 aliphatic heterocycles.